The Morgan fingerprint density at radius 3 is 3.11 bits per heavy atom. The predicted octanol–water partition coefficient (Wildman–Crippen LogP) is 0.894. The molecule has 0 saturated heterocycles. The summed E-state index contributed by atoms with van der Waals surface area (Å²) in [6.45, 7) is 3.42. The maximum absolute atomic E-state index is 11.7. The van der Waals surface area contributed by atoms with Crippen LogP contribution < -0.4 is 10.1 Å². The van der Waals surface area contributed by atoms with Crippen molar-refractivity contribution in [2.24, 2.45) is 0 Å². The molecule has 0 aliphatic carbocycles. The maximum Gasteiger partial charge on any atom is 0.236 e. The number of carbonyl (C=O) groups is 1. The van der Waals surface area contributed by atoms with Crippen molar-refractivity contribution >= 4 is 5.91 Å². The smallest absolute Gasteiger partial charge is 0.236 e. The van der Waals surface area contributed by atoms with Crippen molar-refractivity contribution < 1.29 is 14.6 Å². The number of hydrogen-bond donors (Lipinski definition) is 2. The minimum Gasteiger partial charge on any atom is -0.508 e. The summed E-state index contributed by atoms with van der Waals surface area (Å²) >= 11 is 0. The number of nitrogens with zero attached hydrogens (tertiary/aromatic N) is 1. The third-order valence-corrected chi connectivity index (χ3v) is 3.18. The maximum atomic E-state index is 11.7. The van der Waals surface area contributed by atoms with Crippen LogP contribution in [-0.4, -0.2) is 42.7 Å². The number of fused-ring (bicyclic) bond motifs is 1. The highest BCUT2D eigenvalue weighted by atomic mass is 16.5. The third-order valence-electron chi connectivity index (χ3n) is 3.18. The molecule has 0 aromatic heterocycles. The molecule has 5 nitrogen and oxygen atoms in total. The largest absolute Gasteiger partial charge is 0.508 e. The van der Waals surface area contributed by atoms with Crippen LogP contribution in [0.3, 0.4) is 0 Å². The molecule has 0 radical (unpaired) electrons. The van der Waals surface area contributed by atoms with E-state index >= 15 is 0 Å². The number of hydrogen-bond acceptors (Lipinski definition) is 4. The highest BCUT2D eigenvalue weighted by molar-refractivity contribution is 5.78. The molecule has 0 spiro atoms. The van der Waals surface area contributed by atoms with Crippen molar-refractivity contribution in [3.05, 3.63) is 23.8 Å². The Labute approximate surface area is 106 Å². The van der Waals surface area contributed by atoms with Crippen molar-refractivity contribution in [3.8, 4) is 11.5 Å². The Hall–Kier alpha value is -1.75. The second-order valence-corrected chi connectivity index (χ2v) is 4.37. The summed E-state index contributed by atoms with van der Waals surface area (Å²) in [6.07, 6.45) is 0. The van der Waals surface area contributed by atoms with Gasteiger partial charge in [-0.2, -0.15) is 0 Å². The van der Waals surface area contributed by atoms with Crippen LogP contribution in [0.15, 0.2) is 18.2 Å². The summed E-state index contributed by atoms with van der Waals surface area (Å²) in [5.74, 6) is 0.935. The van der Waals surface area contributed by atoms with Gasteiger partial charge in [0.15, 0.2) is 0 Å². The van der Waals surface area contributed by atoms with E-state index in [-0.39, 0.29) is 17.7 Å². The van der Waals surface area contributed by atoms with E-state index in [1.54, 1.807) is 24.1 Å². The molecule has 1 aromatic carbocycles. The van der Waals surface area contributed by atoms with Gasteiger partial charge in [0.2, 0.25) is 5.91 Å². The molecular weight excluding hydrogens is 232 g/mol. The molecule has 1 aliphatic rings. The number of carbonyl (C=O) groups excluding carboxylic acids is 1. The van der Waals surface area contributed by atoms with Gasteiger partial charge in [0.1, 0.15) is 18.1 Å². The summed E-state index contributed by atoms with van der Waals surface area (Å²) in [4.78, 5) is 13.3. The van der Waals surface area contributed by atoms with Gasteiger partial charge in [0.05, 0.1) is 12.6 Å². The minimum atomic E-state index is 0.00908. The highest BCUT2D eigenvalue weighted by Crippen LogP contribution is 2.34. The first-order valence-corrected chi connectivity index (χ1v) is 6.05. The number of rotatable bonds is 4. The van der Waals surface area contributed by atoms with Gasteiger partial charge in [-0.05, 0) is 19.1 Å². The molecule has 2 rings (SSSR count). The van der Waals surface area contributed by atoms with Crippen molar-refractivity contribution in [2.75, 3.05) is 26.7 Å². The number of nitrogens with one attached hydrogen (secondary N) is 1. The van der Waals surface area contributed by atoms with Crippen LogP contribution in [0.5, 0.6) is 11.5 Å². The summed E-state index contributed by atoms with van der Waals surface area (Å²) in [5, 5.41) is 12.5. The number of amides is 1. The molecule has 18 heavy (non-hydrogen) atoms. The standard InChI is InChI=1S/C13H18N2O3/c1-3-15(2)13(17)7-14-11-8-18-12-6-9(16)4-5-10(11)12/h4-6,11,14,16H,3,7-8H2,1-2H3. The lowest BCUT2D eigenvalue weighted by Gasteiger charge is -2.17. The van der Waals surface area contributed by atoms with E-state index < -0.39 is 0 Å². The van der Waals surface area contributed by atoms with Crippen LogP contribution >= 0.6 is 0 Å². The van der Waals surface area contributed by atoms with E-state index in [0.29, 0.717) is 25.4 Å². The van der Waals surface area contributed by atoms with Crippen LogP contribution in [0.2, 0.25) is 0 Å². The van der Waals surface area contributed by atoms with Gasteiger partial charge in [-0.3, -0.25) is 10.1 Å². The number of phenolic OH excluding ortho intramolecular Hbond substituents is 1. The number of likely N-dealkylation sites (N-methyl/N-ethyl adjacent to an activating group) is 1. The summed E-state index contributed by atoms with van der Waals surface area (Å²) in [7, 11) is 1.78. The average Bonchev–Trinajstić information content (AvgIpc) is 2.77. The molecule has 1 atom stereocenters. The van der Waals surface area contributed by atoms with Crippen LogP contribution in [0, 0.1) is 0 Å². The van der Waals surface area contributed by atoms with Crippen LogP contribution in [0.1, 0.15) is 18.5 Å². The zero-order chi connectivity index (χ0) is 13.1. The molecule has 1 aromatic rings. The average molecular weight is 250 g/mol. The first kappa shape index (κ1) is 12.7. The molecule has 0 saturated carbocycles. The Morgan fingerprint density at radius 1 is 1.61 bits per heavy atom. The SMILES string of the molecule is CCN(C)C(=O)CNC1COc2cc(O)ccc21. The number of aromatic hydroxyl groups is 1. The van der Waals surface area contributed by atoms with Gasteiger partial charge in [-0.15, -0.1) is 0 Å². The Kier molecular flexibility index (Phi) is 3.72. The first-order chi connectivity index (χ1) is 8.61. The second-order valence-electron chi connectivity index (χ2n) is 4.37. The fraction of sp³-hybridized carbons (Fsp3) is 0.462. The third kappa shape index (κ3) is 2.56. The van der Waals surface area contributed by atoms with Crippen molar-refractivity contribution in [1.29, 1.82) is 0 Å². The Morgan fingerprint density at radius 2 is 2.39 bits per heavy atom. The normalized spacial score (nSPS) is 17.1. The molecule has 98 valence electrons. The van der Waals surface area contributed by atoms with Crippen molar-refractivity contribution in [1.82, 2.24) is 10.2 Å². The van der Waals surface area contributed by atoms with Gasteiger partial charge >= 0.3 is 0 Å². The second kappa shape index (κ2) is 5.27. The minimum absolute atomic E-state index is 0.00908. The topological polar surface area (TPSA) is 61.8 Å². The quantitative estimate of drug-likeness (QED) is 0.833. The van der Waals surface area contributed by atoms with Crippen LogP contribution in [-0.2, 0) is 4.79 Å². The number of phenols is 1. The lowest BCUT2D eigenvalue weighted by atomic mass is 10.1. The Balaban J connectivity index is 1.96. The van der Waals surface area contributed by atoms with E-state index in [4.69, 9.17) is 4.74 Å². The lowest BCUT2D eigenvalue weighted by molar-refractivity contribution is -0.128. The molecule has 5 heteroatoms. The summed E-state index contributed by atoms with van der Waals surface area (Å²) in [5.41, 5.74) is 0.986. The number of benzene rings is 1. The van der Waals surface area contributed by atoms with Gasteiger partial charge < -0.3 is 14.7 Å². The van der Waals surface area contributed by atoms with E-state index in [0.717, 1.165) is 5.56 Å². The first-order valence-electron chi connectivity index (χ1n) is 6.05. The molecule has 1 heterocycles. The Bertz CT molecular complexity index is 448. The van der Waals surface area contributed by atoms with E-state index in [9.17, 15) is 9.90 Å². The predicted molar refractivity (Wildman–Crippen MR) is 67.7 cm³/mol. The van der Waals surface area contributed by atoms with Crippen molar-refractivity contribution in [3.63, 3.8) is 0 Å². The summed E-state index contributed by atoms with van der Waals surface area (Å²) < 4.78 is 5.46. The van der Waals surface area contributed by atoms with Crippen LogP contribution in [0.25, 0.3) is 0 Å². The van der Waals surface area contributed by atoms with E-state index in [1.165, 1.54) is 0 Å². The highest BCUT2D eigenvalue weighted by Gasteiger charge is 2.24. The van der Waals surface area contributed by atoms with Crippen LogP contribution in [0.4, 0.5) is 0 Å². The van der Waals surface area contributed by atoms with Gasteiger partial charge in [0, 0.05) is 25.2 Å². The lowest BCUT2D eigenvalue weighted by Crippen LogP contribution is -2.37. The number of ether oxygens (including phenoxy) is 1. The van der Waals surface area contributed by atoms with E-state index in [1.807, 2.05) is 13.0 Å². The monoisotopic (exact) mass is 250 g/mol. The van der Waals surface area contributed by atoms with Gasteiger partial charge in [-0.1, -0.05) is 0 Å². The van der Waals surface area contributed by atoms with Crippen molar-refractivity contribution in [2.45, 2.75) is 13.0 Å². The zero-order valence-electron chi connectivity index (χ0n) is 10.6. The fourth-order valence-corrected chi connectivity index (χ4v) is 1.89. The molecule has 0 fully saturated rings. The van der Waals surface area contributed by atoms with Gasteiger partial charge in [0.25, 0.3) is 0 Å². The molecule has 1 unspecified atom stereocenters. The molecule has 1 amide bonds. The summed E-state index contributed by atoms with van der Waals surface area (Å²) in [6, 6.07) is 5.05. The zero-order valence-corrected chi connectivity index (χ0v) is 10.6. The molecule has 0 bridgehead atoms. The van der Waals surface area contributed by atoms with Gasteiger partial charge in [-0.25, -0.2) is 0 Å². The fourth-order valence-electron chi connectivity index (χ4n) is 1.89. The molecule has 2 N–H and O–H groups in total. The van der Waals surface area contributed by atoms with E-state index in [2.05, 4.69) is 5.32 Å². The molecule has 1 aliphatic heterocycles. The molecular formula is C13H18N2O3.